The van der Waals surface area contributed by atoms with Crippen LogP contribution in [-0.2, 0) is 4.74 Å². The van der Waals surface area contributed by atoms with Gasteiger partial charge in [0.1, 0.15) is 5.82 Å². The summed E-state index contributed by atoms with van der Waals surface area (Å²) in [5.41, 5.74) is 1.68. The van der Waals surface area contributed by atoms with Crippen LogP contribution >= 0.6 is 11.8 Å². The van der Waals surface area contributed by atoms with Gasteiger partial charge < -0.3 is 4.74 Å². The van der Waals surface area contributed by atoms with E-state index < -0.39 is 0 Å². The van der Waals surface area contributed by atoms with E-state index in [1.807, 2.05) is 43.3 Å². The fraction of sp³-hybridized carbons (Fsp3) is 0.316. The molecule has 0 aliphatic carbocycles. The van der Waals surface area contributed by atoms with E-state index >= 15 is 0 Å². The highest BCUT2D eigenvalue weighted by Gasteiger charge is 2.19. The van der Waals surface area contributed by atoms with E-state index in [2.05, 4.69) is 4.98 Å². The molecule has 0 radical (unpaired) electrons. The van der Waals surface area contributed by atoms with Crippen LogP contribution < -0.4 is 5.56 Å². The Balaban J connectivity index is 1.81. The van der Waals surface area contributed by atoms with Gasteiger partial charge in [0, 0.05) is 18.6 Å². The van der Waals surface area contributed by atoms with Gasteiger partial charge in [-0.1, -0.05) is 30.0 Å². The third kappa shape index (κ3) is 3.32. The number of rotatable bonds is 4. The van der Waals surface area contributed by atoms with E-state index in [1.54, 1.807) is 22.5 Å². The Bertz CT molecular complexity index is 947. The monoisotopic (exact) mass is 353 g/mol. The molecule has 1 aliphatic rings. The summed E-state index contributed by atoms with van der Waals surface area (Å²) in [6.45, 7) is 2.80. The van der Waals surface area contributed by atoms with Gasteiger partial charge in [-0.05, 0) is 43.5 Å². The van der Waals surface area contributed by atoms with Crippen molar-refractivity contribution in [1.29, 1.82) is 0 Å². The highest BCUT2D eigenvalue weighted by atomic mass is 32.2. The SMILES string of the molecule is Cc1ccc(-n2c(SC[C@@H]3CCCO3)nc3ccccc3c2=O)nc1. The minimum atomic E-state index is -0.0863. The quantitative estimate of drug-likeness (QED) is 0.532. The van der Waals surface area contributed by atoms with E-state index in [0.29, 0.717) is 21.9 Å². The summed E-state index contributed by atoms with van der Waals surface area (Å²) < 4.78 is 7.31. The molecule has 6 heteroatoms. The van der Waals surface area contributed by atoms with Crippen LogP contribution in [0.4, 0.5) is 0 Å². The molecule has 3 aromatic rings. The van der Waals surface area contributed by atoms with Gasteiger partial charge in [-0.25, -0.2) is 14.5 Å². The predicted molar refractivity (Wildman–Crippen MR) is 99.6 cm³/mol. The smallest absolute Gasteiger partial charge is 0.267 e. The summed E-state index contributed by atoms with van der Waals surface area (Å²) in [6, 6.07) is 11.3. The van der Waals surface area contributed by atoms with Crippen molar-refractivity contribution in [3.05, 3.63) is 58.5 Å². The Morgan fingerprint density at radius 1 is 1.28 bits per heavy atom. The first kappa shape index (κ1) is 16.3. The first-order chi connectivity index (χ1) is 12.2. The number of ether oxygens (including phenoxy) is 1. The number of hydrogen-bond acceptors (Lipinski definition) is 5. The Kier molecular flexibility index (Phi) is 4.55. The van der Waals surface area contributed by atoms with E-state index in [1.165, 1.54) is 0 Å². The number of benzene rings is 1. The van der Waals surface area contributed by atoms with Crippen LogP contribution in [-0.4, -0.2) is 33.0 Å². The molecule has 2 aromatic heterocycles. The van der Waals surface area contributed by atoms with Crippen LogP contribution in [0.2, 0.25) is 0 Å². The van der Waals surface area contributed by atoms with Crippen molar-refractivity contribution in [2.75, 3.05) is 12.4 Å². The standard InChI is InChI=1S/C19H19N3O2S/c1-13-8-9-17(20-11-13)22-18(23)15-6-2-3-7-16(15)21-19(22)25-12-14-5-4-10-24-14/h2-3,6-9,11,14H,4-5,10,12H2,1H3/t14-/m0/s1. The van der Waals surface area contributed by atoms with E-state index in [0.717, 1.165) is 30.8 Å². The molecule has 128 valence electrons. The van der Waals surface area contributed by atoms with Gasteiger partial charge in [-0.3, -0.25) is 4.79 Å². The minimum absolute atomic E-state index is 0.0863. The van der Waals surface area contributed by atoms with Gasteiger partial charge in [-0.15, -0.1) is 0 Å². The maximum Gasteiger partial charge on any atom is 0.267 e. The Morgan fingerprint density at radius 2 is 2.16 bits per heavy atom. The summed E-state index contributed by atoms with van der Waals surface area (Å²) >= 11 is 1.56. The lowest BCUT2D eigenvalue weighted by Crippen LogP contribution is -2.23. The van der Waals surface area contributed by atoms with Crippen LogP contribution in [0.15, 0.2) is 52.5 Å². The molecule has 0 N–H and O–H groups in total. The molecule has 4 rings (SSSR count). The maximum absolute atomic E-state index is 13.1. The Morgan fingerprint density at radius 3 is 2.92 bits per heavy atom. The molecule has 25 heavy (non-hydrogen) atoms. The van der Waals surface area contributed by atoms with Crippen molar-refractivity contribution < 1.29 is 4.74 Å². The molecule has 1 saturated heterocycles. The second-order valence-corrected chi connectivity index (χ2v) is 7.18. The van der Waals surface area contributed by atoms with Gasteiger partial charge in [0.15, 0.2) is 5.16 Å². The van der Waals surface area contributed by atoms with Crippen molar-refractivity contribution >= 4 is 22.7 Å². The Labute approximate surface area is 150 Å². The lowest BCUT2D eigenvalue weighted by Gasteiger charge is -2.14. The average Bonchev–Trinajstić information content (AvgIpc) is 3.15. The fourth-order valence-corrected chi connectivity index (χ4v) is 4.01. The predicted octanol–water partition coefficient (Wildman–Crippen LogP) is 3.36. The van der Waals surface area contributed by atoms with Crippen LogP contribution in [0.3, 0.4) is 0 Å². The molecule has 0 spiro atoms. The fourth-order valence-electron chi connectivity index (χ4n) is 2.95. The molecule has 1 atom stereocenters. The highest BCUT2D eigenvalue weighted by Crippen LogP contribution is 2.24. The zero-order valence-electron chi connectivity index (χ0n) is 14.0. The van der Waals surface area contributed by atoms with Crippen molar-refractivity contribution in [3.8, 4) is 5.82 Å². The van der Waals surface area contributed by atoms with Crippen molar-refractivity contribution in [3.63, 3.8) is 0 Å². The molecule has 0 saturated carbocycles. The van der Waals surface area contributed by atoms with Crippen LogP contribution in [0, 0.1) is 6.92 Å². The summed E-state index contributed by atoms with van der Waals surface area (Å²) in [7, 11) is 0. The first-order valence-corrected chi connectivity index (χ1v) is 9.40. The summed E-state index contributed by atoms with van der Waals surface area (Å²) in [4.78, 5) is 22.2. The number of para-hydroxylation sites is 1. The topological polar surface area (TPSA) is 57.0 Å². The average molecular weight is 353 g/mol. The molecule has 0 bridgehead atoms. The molecule has 5 nitrogen and oxygen atoms in total. The number of fused-ring (bicyclic) bond motifs is 1. The molecule has 1 aliphatic heterocycles. The zero-order valence-corrected chi connectivity index (χ0v) is 14.8. The number of thioether (sulfide) groups is 1. The number of nitrogens with zero attached hydrogens (tertiary/aromatic N) is 3. The lowest BCUT2D eigenvalue weighted by atomic mass is 10.2. The molecule has 0 unspecified atom stereocenters. The van der Waals surface area contributed by atoms with Gasteiger partial charge >= 0.3 is 0 Å². The first-order valence-electron chi connectivity index (χ1n) is 8.41. The summed E-state index contributed by atoms with van der Waals surface area (Å²) in [6.07, 6.45) is 4.16. The Hall–Kier alpha value is -2.18. The number of aromatic nitrogens is 3. The molecule has 1 aromatic carbocycles. The highest BCUT2D eigenvalue weighted by molar-refractivity contribution is 7.99. The van der Waals surface area contributed by atoms with E-state index in [9.17, 15) is 4.79 Å². The van der Waals surface area contributed by atoms with Gasteiger partial charge in [0.2, 0.25) is 0 Å². The van der Waals surface area contributed by atoms with Crippen molar-refractivity contribution in [2.45, 2.75) is 31.0 Å². The van der Waals surface area contributed by atoms with Crippen LogP contribution in [0.25, 0.3) is 16.7 Å². The van der Waals surface area contributed by atoms with Gasteiger partial charge in [-0.2, -0.15) is 0 Å². The number of aryl methyl sites for hydroxylation is 1. The number of pyridine rings is 1. The number of hydrogen-bond donors (Lipinski definition) is 0. The van der Waals surface area contributed by atoms with Crippen molar-refractivity contribution in [2.24, 2.45) is 0 Å². The largest absolute Gasteiger partial charge is 0.377 e. The molecule has 1 fully saturated rings. The minimum Gasteiger partial charge on any atom is -0.377 e. The van der Waals surface area contributed by atoms with Gasteiger partial charge in [0.05, 0.1) is 17.0 Å². The van der Waals surface area contributed by atoms with Crippen LogP contribution in [0.1, 0.15) is 18.4 Å². The van der Waals surface area contributed by atoms with E-state index in [4.69, 9.17) is 9.72 Å². The van der Waals surface area contributed by atoms with Gasteiger partial charge in [0.25, 0.3) is 5.56 Å². The van der Waals surface area contributed by atoms with E-state index in [-0.39, 0.29) is 11.7 Å². The third-order valence-corrected chi connectivity index (χ3v) is 5.36. The third-order valence-electron chi connectivity index (χ3n) is 4.29. The molecule has 0 amide bonds. The maximum atomic E-state index is 13.1. The second-order valence-electron chi connectivity index (χ2n) is 6.19. The molecule has 3 heterocycles. The summed E-state index contributed by atoms with van der Waals surface area (Å²) in [5.74, 6) is 1.39. The molecular formula is C19H19N3O2S. The molecular weight excluding hydrogens is 334 g/mol. The lowest BCUT2D eigenvalue weighted by molar-refractivity contribution is 0.129. The van der Waals surface area contributed by atoms with Crippen molar-refractivity contribution in [1.82, 2.24) is 14.5 Å². The van der Waals surface area contributed by atoms with Crippen LogP contribution in [0.5, 0.6) is 0 Å². The second kappa shape index (κ2) is 6.98. The summed E-state index contributed by atoms with van der Waals surface area (Å²) in [5, 5.41) is 1.27. The zero-order chi connectivity index (χ0) is 17.2. The normalized spacial score (nSPS) is 17.2.